The summed E-state index contributed by atoms with van der Waals surface area (Å²) in [6.07, 6.45) is 1.13. The number of methoxy groups -OCH3 is 1. The molecule has 3 nitrogen and oxygen atoms in total. The van der Waals surface area contributed by atoms with Crippen molar-refractivity contribution in [3.63, 3.8) is 0 Å². The lowest BCUT2D eigenvalue weighted by molar-refractivity contribution is -0.00157. The topological polar surface area (TPSA) is 29.5 Å². The Balaban J connectivity index is 2.10. The number of likely N-dealkylation sites (tertiary alicyclic amines) is 1. The highest BCUT2D eigenvalue weighted by atomic mass is 32.1. The highest BCUT2D eigenvalue weighted by molar-refractivity contribution is 7.80. The maximum atomic E-state index is 12.4. The summed E-state index contributed by atoms with van der Waals surface area (Å²) in [7, 11) is 1.71. The van der Waals surface area contributed by atoms with E-state index < -0.39 is 0 Å². The van der Waals surface area contributed by atoms with Gasteiger partial charge in [0, 0.05) is 30.7 Å². The predicted molar refractivity (Wildman–Crippen MR) is 74.2 cm³/mol. The Morgan fingerprint density at radius 2 is 2.28 bits per heavy atom. The van der Waals surface area contributed by atoms with Crippen LogP contribution in [0.4, 0.5) is 0 Å². The molecule has 0 N–H and O–H groups in total. The first-order valence-electron chi connectivity index (χ1n) is 6.23. The van der Waals surface area contributed by atoms with Crippen molar-refractivity contribution in [2.24, 2.45) is 5.92 Å². The average molecular weight is 265 g/mol. The zero-order valence-electron chi connectivity index (χ0n) is 10.8. The van der Waals surface area contributed by atoms with E-state index >= 15 is 0 Å². The van der Waals surface area contributed by atoms with Gasteiger partial charge in [-0.1, -0.05) is 13.0 Å². The number of hydrogen-bond acceptors (Lipinski definition) is 3. The van der Waals surface area contributed by atoms with E-state index in [1.807, 2.05) is 29.2 Å². The van der Waals surface area contributed by atoms with Crippen molar-refractivity contribution in [2.75, 3.05) is 20.2 Å². The quantitative estimate of drug-likeness (QED) is 0.832. The zero-order valence-corrected chi connectivity index (χ0v) is 11.7. The molecule has 1 aromatic carbocycles. The van der Waals surface area contributed by atoms with E-state index in [2.05, 4.69) is 19.6 Å². The van der Waals surface area contributed by atoms with Crippen molar-refractivity contribution < 1.29 is 9.53 Å². The molecule has 2 unspecified atom stereocenters. The van der Waals surface area contributed by atoms with Gasteiger partial charge in [0.2, 0.25) is 0 Å². The number of thiol groups is 1. The van der Waals surface area contributed by atoms with E-state index in [4.69, 9.17) is 4.74 Å². The van der Waals surface area contributed by atoms with Crippen LogP contribution in [0.3, 0.4) is 0 Å². The van der Waals surface area contributed by atoms with Crippen LogP contribution in [0, 0.1) is 5.92 Å². The minimum absolute atomic E-state index is 0.0693. The van der Waals surface area contributed by atoms with Gasteiger partial charge in [0.05, 0.1) is 6.10 Å². The molecular weight excluding hydrogens is 246 g/mol. The minimum atomic E-state index is 0.0693. The lowest BCUT2D eigenvalue weighted by Crippen LogP contribution is -2.46. The lowest BCUT2D eigenvalue weighted by Gasteiger charge is -2.36. The van der Waals surface area contributed by atoms with Crippen LogP contribution in [-0.4, -0.2) is 37.1 Å². The second kappa shape index (κ2) is 5.76. The normalized spacial score (nSPS) is 24.1. The van der Waals surface area contributed by atoms with Gasteiger partial charge in [0.25, 0.3) is 5.91 Å². The molecule has 98 valence electrons. The maximum absolute atomic E-state index is 12.4. The summed E-state index contributed by atoms with van der Waals surface area (Å²) in [5.74, 6) is 0.579. The van der Waals surface area contributed by atoms with Gasteiger partial charge >= 0.3 is 0 Å². The molecule has 0 bridgehead atoms. The van der Waals surface area contributed by atoms with Crippen LogP contribution < -0.4 is 0 Å². The minimum Gasteiger partial charge on any atom is -0.379 e. The van der Waals surface area contributed by atoms with Crippen molar-refractivity contribution in [1.29, 1.82) is 0 Å². The number of amides is 1. The van der Waals surface area contributed by atoms with Crippen LogP contribution in [0.5, 0.6) is 0 Å². The molecule has 1 amide bonds. The molecule has 1 heterocycles. The molecule has 0 aliphatic carbocycles. The van der Waals surface area contributed by atoms with Crippen molar-refractivity contribution in [3.8, 4) is 0 Å². The number of benzene rings is 1. The third kappa shape index (κ3) is 2.87. The van der Waals surface area contributed by atoms with E-state index in [0.717, 1.165) is 17.9 Å². The van der Waals surface area contributed by atoms with Crippen molar-refractivity contribution in [2.45, 2.75) is 24.3 Å². The second-order valence-electron chi connectivity index (χ2n) is 4.84. The SMILES string of the molecule is COC1CN(C(=O)c2cccc(S)c2)CCC1C. The highest BCUT2D eigenvalue weighted by Crippen LogP contribution is 2.21. The fourth-order valence-electron chi connectivity index (χ4n) is 2.35. The number of hydrogen-bond donors (Lipinski definition) is 1. The molecule has 1 aromatic rings. The van der Waals surface area contributed by atoms with Crippen molar-refractivity contribution in [1.82, 2.24) is 4.90 Å². The molecule has 1 aliphatic rings. The van der Waals surface area contributed by atoms with E-state index in [1.54, 1.807) is 7.11 Å². The van der Waals surface area contributed by atoms with Crippen molar-refractivity contribution >= 4 is 18.5 Å². The average Bonchev–Trinajstić information content (AvgIpc) is 2.38. The molecule has 2 atom stereocenters. The van der Waals surface area contributed by atoms with Gasteiger partial charge in [-0.25, -0.2) is 0 Å². The molecule has 1 aliphatic heterocycles. The number of ether oxygens (including phenoxy) is 1. The summed E-state index contributed by atoms with van der Waals surface area (Å²) in [5, 5.41) is 0. The molecule has 0 spiro atoms. The molecule has 0 radical (unpaired) electrons. The van der Waals surface area contributed by atoms with Gasteiger partial charge in [-0.2, -0.15) is 0 Å². The monoisotopic (exact) mass is 265 g/mol. The molecule has 4 heteroatoms. The van der Waals surface area contributed by atoms with Crippen LogP contribution in [0.1, 0.15) is 23.7 Å². The first-order chi connectivity index (χ1) is 8.61. The second-order valence-corrected chi connectivity index (χ2v) is 5.36. The Hall–Kier alpha value is -1.00. The molecule has 1 saturated heterocycles. The third-order valence-corrected chi connectivity index (χ3v) is 3.85. The smallest absolute Gasteiger partial charge is 0.253 e. The molecule has 18 heavy (non-hydrogen) atoms. The number of rotatable bonds is 2. The van der Waals surface area contributed by atoms with Crippen LogP contribution >= 0.6 is 12.6 Å². The summed E-state index contributed by atoms with van der Waals surface area (Å²) in [6, 6.07) is 7.37. The summed E-state index contributed by atoms with van der Waals surface area (Å²) < 4.78 is 5.43. The molecule has 0 aromatic heterocycles. The third-order valence-electron chi connectivity index (χ3n) is 3.57. The number of carbonyl (C=O) groups excluding carboxylic acids is 1. The Morgan fingerprint density at radius 3 is 2.94 bits per heavy atom. The number of piperidine rings is 1. The molecular formula is C14H19NO2S. The Bertz CT molecular complexity index is 436. The summed E-state index contributed by atoms with van der Waals surface area (Å²) in [6.45, 7) is 3.65. The van der Waals surface area contributed by atoms with Gasteiger partial charge in [0.15, 0.2) is 0 Å². The van der Waals surface area contributed by atoms with E-state index in [0.29, 0.717) is 18.0 Å². The lowest BCUT2D eigenvalue weighted by atomic mass is 9.95. The van der Waals surface area contributed by atoms with Gasteiger partial charge in [0.1, 0.15) is 0 Å². The molecule has 2 rings (SSSR count). The van der Waals surface area contributed by atoms with E-state index in [1.165, 1.54) is 0 Å². The van der Waals surface area contributed by atoms with Crippen LogP contribution in [-0.2, 0) is 4.74 Å². The Kier molecular flexibility index (Phi) is 4.30. The first kappa shape index (κ1) is 13.4. The maximum Gasteiger partial charge on any atom is 0.253 e. The number of nitrogens with zero attached hydrogens (tertiary/aromatic N) is 1. The van der Waals surface area contributed by atoms with E-state index in [9.17, 15) is 4.79 Å². The van der Waals surface area contributed by atoms with Gasteiger partial charge in [-0.15, -0.1) is 12.6 Å². The zero-order chi connectivity index (χ0) is 13.1. The van der Waals surface area contributed by atoms with Gasteiger partial charge in [-0.3, -0.25) is 4.79 Å². The first-order valence-corrected chi connectivity index (χ1v) is 6.67. The predicted octanol–water partition coefficient (Wildman–Crippen LogP) is 2.47. The van der Waals surface area contributed by atoms with Gasteiger partial charge < -0.3 is 9.64 Å². The molecule has 0 saturated carbocycles. The summed E-state index contributed by atoms with van der Waals surface area (Å²) in [4.78, 5) is 15.0. The van der Waals surface area contributed by atoms with Crippen molar-refractivity contribution in [3.05, 3.63) is 29.8 Å². The summed E-state index contributed by atoms with van der Waals surface area (Å²) in [5.41, 5.74) is 0.701. The highest BCUT2D eigenvalue weighted by Gasteiger charge is 2.29. The van der Waals surface area contributed by atoms with E-state index in [-0.39, 0.29) is 12.0 Å². The fraction of sp³-hybridized carbons (Fsp3) is 0.500. The largest absolute Gasteiger partial charge is 0.379 e. The van der Waals surface area contributed by atoms with Crippen LogP contribution in [0.2, 0.25) is 0 Å². The van der Waals surface area contributed by atoms with Crippen LogP contribution in [0.15, 0.2) is 29.2 Å². The number of carbonyl (C=O) groups is 1. The summed E-state index contributed by atoms with van der Waals surface area (Å²) >= 11 is 4.27. The Labute approximate surface area is 114 Å². The van der Waals surface area contributed by atoms with Gasteiger partial charge in [-0.05, 0) is 30.5 Å². The Morgan fingerprint density at radius 1 is 1.50 bits per heavy atom. The standard InChI is InChI=1S/C14H19NO2S/c1-10-6-7-15(9-13(10)17-2)14(16)11-4-3-5-12(18)8-11/h3-5,8,10,13,18H,6-7,9H2,1-2H3. The fourth-order valence-corrected chi connectivity index (χ4v) is 2.57. The van der Waals surface area contributed by atoms with Crippen LogP contribution in [0.25, 0.3) is 0 Å². The molecule has 1 fully saturated rings.